The molecule has 0 aliphatic heterocycles. The molecule has 1 heterocycles. The molecular formula is C12H14ClN3O. The molecule has 0 unspecified atom stereocenters. The van der Waals surface area contributed by atoms with Crippen LogP contribution in [0.3, 0.4) is 0 Å². The molecule has 1 aromatic heterocycles. The van der Waals surface area contributed by atoms with Gasteiger partial charge in [0.15, 0.2) is 0 Å². The molecule has 1 aromatic carbocycles. The number of pyridine rings is 1. The maximum absolute atomic E-state index is 7.40. The van der Waals surface area contributed by atoms with Crippen molar-refractivity contribution in [3.8, 4) is 5.88 Å². The number of rotatable bonds is 3. The summed E-state index contributed by atoms with van der Waals surface area (Å²) in [6.45, 7) is 2.44. The third-order valence-electron chi connectivity index (χ3n) is 2.26. The molecule has 2 aromatic rings. The highest BCUT2D eigenvalue weighted by atomic mass is 35.5. The number of fused-ring (bicyclic) bond motifs is 1. The zero-order valence-corrected chi connectivity index (χ0v) is 10.3. The maximum Gasteiger partial charge on any atom is 0.222 e. The van der Waals surface area contributed by atoms with Gasteiger partial charge in [0, 0.05) is 5.39 Å². The minimum absolute atomic E-state index is 0. The van der Waals surface area contributed by atoms with Crippen LogP contribution in [0.1, 0.15) is 12.6 Å². The van der Waals surface area contributed by atoms with Gasteiger partial charge in [0.25, 0.3) is 0 Å². The Morgan fingerprint density at radius 1 is 1.41 bits per heavy atom. The largest absolute Gasteiger partial charge is 0.478 e. The van der Waals surface area contributed by atoms with Crippen molar-refractivity contribution in [1.29, 1.82) is 5.41 Å². The number of benzene rings is 1. The van der Waals surface area contributed by atoms with Crippen LogP contribution in [0.25, 0.3) is 10.8 Å². The second kappa shape index (κ2) is 5.50. The van der Waals surface area contributed by atoms with Crippen molar-refractivity contribution in [2.45, 2.75) is 6.92 Å². The molecule has 0 radical (unpaired) electrons. The van der Waals surface area contributed by atoms with Gasteiger partial charge in [0.05, 0.1) is 6.61 Å². The van der Waals surface area contributed by atoms with E-state index in [1.165, 1.54) is 0 Å². The van der Waals surface area contributed by atoms with Crippen molar-refractivity contribution < 1.29 is 4.74 Å². The van der Waals surface area contributed by atoms with Gasteiger partial charge >= 0.3 is 0 Å². The fourth-order valence-corrected chi connectivity index (χ4v) is 1.55. The quantitative estimate of drug-likeness (QED) is 0.650. The Bertz CT molecular complexity index is 542. The number of hydrogen-bond donors (Lipinski definition) is 2. The lowest BCUT2D eigenvalue weighted by molar-refractivity contribution is 0.331. The van der Waals surface area contributed by atoms with E-state index in [-0.39, 0.29) is 18.2 Å². The average Bonchev–Trinajstić information content (AvgIpc) is 2.29. The minimum atomic E-state index is -0.0493. The smallest absolute Gasteiger partial charge is 0.222 e. The van der Waals surface area contributed by atoms with Gasteiger partial charge in [-0.3, -0.25) is 5.41 Å². The van der Waals surface area contributed by atoms with Gasteiger partial charge in [0.2, 0.25) is 5.88 Å². The van der Waals surface area contributed by atoms with Gasteiger partial charge in [-0.05, 0) is 24.4 Å². The monoisotopic (exact) mass is 251 g/mol. The molecule has 4 nitrogen and oxygen atoms in total. The number of hydrogen-bond acceptors (Lipinski definition) is 3. The molecule has 0 spiro atoms. The Kier molecular flexibility index (Phi) is 4.29. The summed E-state index contributed by atoms with van der Waals surface area (Å²) >= 11 is 0. The number of nitrogens with two attached hydrogens (primary N) is 1. The van der Waals surface area contributed by atoms with Crippen molar-refractivity contribution in [2.75, 3.05) is 6.61 Å². The first kappa shape index (κ1) is 13.3. The maximum atomic E-state index is 7.40. The van der Waals surface area contributed by atoms with E-state index in [0.29, 0.717) is 18.2 Å². The van der Waals surface area contributed by atoms with Crippen molar-refractivity contribution in [2.24, 2.45) is 5.73 Å². The van der Waals surface area contributed by atoms with Gasteiger partial charge in [-0.1, -0.05) is 18.2 Å². The van der Waals surface area contributed by atoms with Gasteiger partial charge in [0.1, 0.15) is 11.5 Å². The van der Waals surface area contributed by atoms with Gasteiger partial charge in [-0.15, -0.1) is 12.4 Å². The van der Waals surface area contributed by atoms with Crippen LogP contribution in [0.4, 0.5) is 0 Å². The molecule has 0 aliphatic rings. The summed E-state index contributed by atoms with van der Waals surface area (Å²) in [6.07, 6.45) is 0. The first-order valence-corrected chi connectivity index (χ1v) is 5.09. The van der Waals surface area contributed by atoms with Gasteiger partial charge in [-0.25, -0.2) is 4.98 Å². The Balaban J connectivity index is 0.00000144. The SMILES string of the molecule is CCOc1nc(C(=N)N)cc2ccccc12.Cl. The molecule has 0 atom stereocenters. The van der Waals surface area contributed by atoms with Gasteiger partial charge in [-0.2, -0.15) is 0 Å². The lowest BCUT2D eigenvalue weighted by Crippen LogP contribution is -2.13. The van der Waals surface area contributed by atoms with E-state index >= 15 is 0 Å². The van der Waals surface area contributed by atoms with Crippen LogP contribution in [0.15, 0.2) is 30.3 Å². The second-order valence-corrected chi connectivity index (χ2v) is 3.38. The van der Waals surface area contributed by atoms with Crippen LogP contribution in [-0.4, -0.2) is 17.4 Å². The van der Waals surface area contributed by atoms with Crippen LogP contribution < -0.4 is 10.5 Å². The molecule has 0 saturated heterocycles. The van der Waals surface area contributed by atoms with Crippen molar-refractivity contribution in [3.63, 3.8) is 0 Å². The molecule has 0 fully saturated rings. The van der Waals surface area contributed by atoms with Crippen LogP contribution in [-0.2, 0) is 0 Å². The lowest BCUT2D eigenvalue weighted by Gasteiger charge is -2.08. The third-order valence-corrected chi connectivity index (χ3v) is 2.26. The second-order valence-electron chi connectivity index (χ2n) is 3.38. The van der Waals surface area contributed by atoms with Crippen LogP contribution >= 0.6 is 12.4 Å². The van der Waals surface area contributed by atoms with Crippen LogP contribution in [0.5, 0.6) is 5.88 Å². The minimum Gasteiger partial charge on any atom is -0.478 e. The summed E-state index contributed by atoms with van der Waals surface area (Å²) in [5.41, 5.74) is 5.88. The van der Waals surface area contributed by atoms with Crippen molar-refractivity contribution in [3.05, 3.63) is 36.0 Å². The van der Waals surface area contributed by atoms with Crippen molar-refractivity contribution >= 4 is 29.0 Å². The lowest BCUT2D eigenvalue weighted by atomic mass is 10.1. The van der Waals surface area contributed by atoms with Crippen LogP contribution in [0.2, 0.25) is 0 Å². The summed E-state index contributed by atoms with van der Waals surface area (Å²) in [7, 11) is 0. The predicted molar refractivity (Wildman–Crippen MR) is 71.2 cm³/mol. The summed E-state index contributed by atoms with van der Waals surface area (Å²) in [6, 6.07) is 9.55. The molecule has 3 N–H and O–H groups in total. The zero-order chi connectivity index (χ0) is 11.5. The molecule has 90 valence electrons. The van der Waals surface area contributed by atoms with E-state index in [0.717, 1.165) is 10.8 Å². The Morgan fingerprint density at radius 2 is 2.12 bits per heavy atom. The van der Waals surface area contributed by atoms with Crippen LogP contribution in [0, 0.1) is 5.41 Å². The summed E-state index contributed by atoms with van der Waals surface area (Å²) in [4.78, 5) is 4.22. The molecule has 2 rings (SSSR count). The Labute approximate surface area is 106 Å². The summed E-state index contributed by atoms with van der Waals surface area (Å²) < 4.78 is 5.45. The molecule has 0 saturated carbocycles. The highest BCUT2D eigenvalue weighted by Gasteiger charge is 2.07. The number of amidine groups is 1. The molecule has 17 heavy (non-hydrogen) atoms. The fourth-order valence-electron chi connectivity index (χ4n) is 1.55. The third kappa shape index (κ3) is 2.65. The number of ether oxygens (including phenoxy) is 1. The van der Waals surface area contributed by atoms with E-state index in [1.807, 2.05) is 31.2 Å². The standard InChI is InChI=1S/C12H13N3O.ClH/c1-2-16-12-9-6-4-3-5-8(9)7-10(15-12)11(13)14;/h3-7H,2H2,1H3,(H3,13,14);1H. The number of nitrogens with zero attached hydrogens (tertiary/aromatic N) is 1. The van der Waals surface area contributed by atoms with E-state index in [4.69, 9.17) is 15.9 Å². The average molecular weight is 252 g/mol. The molecule has 0 aliphatic carbocycles. The Hall–Kier alpha value is -1.81. The number of nitrogens with one attached hydrogen (secondary N) is 1. The van der Waals surface area contributed by atoms with E-state index in [2.05, 4.69) is 4.98 Å². The van der Waals surface area contributed by atoms with E-state index in [1.54, 1.807) is 6.07 Å². The summed E-state index contributed by atoms with van der Waals surface area (Å²) in [5.74, 6) is 0.484. The highest BCUT2D eigenvalue weighted by molar-refractivity contribution is 5.98. The number of nitrogen functional groups attached to an aromatic ring is 1. The normalized spacial score (nSPS) is 9.71. The Morgan fingerprint density at radius 3 is 2.76 bits per heavy atom. The van der Waals surface area contributed by atoms with E-state index in [9.17, 15) is 0 Å². The number of halogens is 1. The predicted octanol–water partition coefficient (Wildman–Crippen LogP) is 2.34. The highest BCUT2D eigenvalue weighted by Crippen LogP contribution is 2.24. The molecular weight excluding hydrogens is 238 g/mol. The first-order chi connectivity index (χ1) is 7.72. The molecule has 5 heteroatoms. The first-order valence-electron chi connectivity index (χ1n) is 5.09. The van der Waals surface area contributed by atoms with Gasteiger partial charge < -0.3 is 10.5 Å². The molecule has 0 bridgehead atoms. The van der Waals surface area contributed by atoms with Crippen molar-refractivity contribution in [1.82, 2.24) is 4.98 Å². The summed E-state index contributed by atoms with van der Waals surface area (Å²) in [5, 5.41) is 9.32. The van der Waals surface area contributed by atoms with E-state index < -0.39 is 0 Å². The zero-order valence-electron chi connectivity index (χ0n) is 9.43. The fraction of sp³-hybridized carbons (Fsp3) is 0.167. The number of aromatic nitrogens is 1. The molecule has 0 amide bonds. The topological polar surface area (TPSA) is 72.0 Å².